The van der Waals surface area contributed by atoms with E-state index in [0.717, 1.165) is 18.7 Å². The lowest BCUT2D eigenvalue weighted by atomic mass is 9.91. The molecule has 0 aromatic carbocycles. The number of aryl methyl sites for hydroxylation is 1. The minimum Gasteiger partial charge on any atom is -0.319 e. The van der Waals surface area contributed by atoms with Crippen molar-refractivity contribution in [3.8, 4) is 0 Å². The second-order valence-electron chi connectivity index (χ2n) is 4.15. The van der Waals surface area contributed by atoms with Gasteiger partial charge in [-0.3, -0.25) is 4.68 Å². The van der Waals surface area contributed by atoms with E-state index in [1.165, 1.54) is 0 Å². The Balaban J connectivity index is 2.55. The molecule has 0 saturated heterocycles. The second kappa shape index (κ2) is 5.10. The summed E-state index contributed by atoms with van der Waals surface area (Å²) in [6.07, 6.45) is 3.00. The third kappa shape index (κ3) is 3.10. The molecule has 0 bridgehead atoms. The van der Waals surface area contributed by atoms with Crippen molar-refractivity contribution in [2.24, 2.45) is 18.9 Å². The van der Waals surface area contributed by atoms with E-state index in [-0.39, 0.29) is 0 Å². The molecule has 1 aromatic rings. The van der Waals surface area contributed by atoms with Crippen molar-refractivity contribution in [2.45, 2.75) is 20.3 Å². The third-order valence-corrected chi connectivity index (χ3v) is 2.53. The molecule has 4 nitrogen and oxygen atoms in total. The van der Waals surface area contributed by atoms with Crippen LogP contribution in [0.15, 0.2) is 6.20 Å². The minimum atomic E-state index is 0.636. The summed E-state index contributed by atoms with van der Waals surface area (Å²) in [5.41, 5.74) is 1.08. The van der Waals surface area contributed by atoms with Crippen molar-refractivity contribution >= 4 is 0 Å². The van der Waals surface area contributed by atoms with Gasteiger partial charge in [0.05, 0.1) is 5.69 Å². The van der Waals surface area contributed by atoms with Crippen molar-refractivity contribution < 1.29 is 0 Å². The summed E-state index contributed by atoms with van der Waals surface area (Å²) in [6.45, 7) is 5.53. The molecule has 0 spiro atoms. The first-order valence-corrected chi connectivity index (χ1v) is 5.13. The smallest absolute Gasteiger partial charge is 0.0830 e. The van der Waals surface area contributed by atoms with Gasteiger partial charge in [-0.15, -0.1) is 5.10 Å². The molecule has 4 heteroatoms. The Morgan fingerprint density at radius 1 is 1.50 bits per heavy atom. The Bertz CT molecular complexity index is 267. The van der Waals surface area contributed by atoms with Gasteiger partial charge in [0.2, 0.25) is 0 Å². The van der Waals surface area contributed by atoms with Crippen LogP contribution in [-0.4, -0.2) is 28.6 Å². The number of nitrogens with zero attached hydrogens (tertiary/aromatic N) is 3. The van der Waals surface area contributed by atoms with Crippen LogP contribution in [0.2, 0.25) is 0 Å². The number of hydrogen-bond donors (Lipinski definition) is 1. The van der Waals surface area contributed by atoms with Gasteiger partial charge in [0.15, 0.2) is 0 Å². The molecule has 1 aromatic heterocycles. The quantitative estimate of drug-likeness (QED) is 0.759. The highest BCUT2D eigenvalue weighted by Crippen LogP contribution is 2.14. The van der Waals surface area contributed by atoms with Crippen LogP contribution in [0.1, 0.15) is 19.5 Å². The van der Waals surface area contributed by atoms with E-state index in [0.29, 0.717) is 11.8 Å². The van der Waals surface area contributed by atoms with Crippen molar-refractivity contribution in [3.63, 3.8) is 0 Å². The van der Waals surface area contributed by atoms with E-state index >= 15 is 0 Å². The van der Waals surface area contributed by atoms with Gasteiger partial charge in [0.1, 0.15) is 0 Å². The molecule has 0 aliphatic carbocycles. The molecule has 1 heterocycles. The first-order chi connectivity index (χ1) is 6.63. The SMILES string of the molecule is CNCC(Cc1cn(C)nn1)C(C)C. The van der Waals surface area contributed by atoms with E-state index in [9.17, 15) is 0 Å². The Hall–Kier alpha value is -0.900. The largest absolute Gasteiger partial charge is 0.319 e. The van der Waals surface area contributed by atoms with Crippen molar-refractivity contribution in [1.82, 2.24) is 20.3 Å². The van der Waals surface area contributed by atoms with E-state index in [2.05, 4.69) is 29.5 Å². The van der Waals surface area contributed by atoms with Gasteiger partial charge in [-0.2, -0.15) is 0 Å². The van der Waals surface area contributed by atoms with Crippen LogP contribution in [0, 0.1) is 11.8 Å². The summed E-state index contributed by atoms with van der Waals surface area (Å²) in [7, 11) is 3.89. The number of rotatable bonds is 5. The Kier molecular flexibility index (Phi) is 4.07. The minimum absolute atomic E-state index is 0.636. The van der Waals surface area contributed by atoms with Crippen molar-refractivity contribution in [2.75, 3.05) is 13.6 Å². The maximum Gasteiger partial charge on any atom is 0.0830 e. The van der Waals surface area contributed by atoms with Gasteiger partial charge >= 0.3 is 0 Å². The maximum atomic E-state index is 4.11. The lowest BCUT2D eigenvalue weighted by Crippen LogP contribution is -2.25. The van der Waals surface area contributed by atoms with Crippen LogP contribution in [0.3, 0.4) is 0 Å². The standard InChI is InChI=1S/C10H20N4/c1-8(2)9(6-11-3)5-10-7-14(4)13-12-10/h7-9,11H,5-6H2,1-4H3. The fraction of sp³-hybridized carbons (Fsp3) is 0.800. The third-order valence-electron chi connectivity index (χ3n) is 2.53. The van der Waals surface area contributed by atoms with Crippen LogP contribution < -0.4 is 5.32 Å². The van der Waals surface area contributed by atoms with Gasteiger partial charge in [-0.1, -0.05) is 19.1 Å². The summed E-state index contributed by atoms with van der Waals surface area (Å²) < 4.78 is 1.76. The van der Waals surface area contributed by atoms with E-state index in [4.69, 9.17) is 0 Å². The van der Waals surface area contributed by atoms with Crippen LogP contribution in [-0.2, 0) is 13.5 Å². The zero-order valence-corrected chi connectivity index (χ0v) is 9.49. The van der Waals surface area contributed by atoms with Gasteiger partial charge < -0.3 is 5.32 Å². The van der Waals surface area contributed by atoms with Crippen LogP contribution in [0.25, 0.3) is 0 Å². The number of nitrogens with one attached hydrogen (secondary N) is 1. The Labute approximate surface area is 85.7 Å². The molecule has 80 valence electrons. The molecule has 14 heavy (non-hydrogen) atoms. The van der Waals surface area contributed by atoms with Gasteiger partial charge in [-0.25, -0.2) is 0 Å². The number of hydrogen-bond acceptors (Lipinski definition) is 3. The average Bonchev–Trinajstić information content (AvgIpc) is 2.50. The van der Waals surface area contributed by atoms with Gasteiger partial charge in [0, 0.05) is 13.2 Å². The molecule has 1 N–H and O–H groups in total. The molecule has 0 aliphatic rings. The molecule has 0 amide bonds. The first-order valence-electron chi connectivity index (χ1n) is 5.13. The Morgan fingerprint density at radius 2 is 2.21 bits per heavy atom. The van der Waals surface area contributed by atoms with Gasteiger partial charge in [0.25, 0.3) is 0 Å². The maximum absolute atomic E-state index is 4.11. The predicted molar refractivity (Wildman–Crippen MR) is 57.0 cm³/mol. The molecule has 0 aliphatic heterocycles. The highest BCUT2D eigenvalue weighted by Gasteiger charge is 2.14. The van der Waals surface area contributed by atoms with E-state index in [1.54, 1.807) is 4.68 Å². The summed E-state index contributed by atoms with van der Waals surface area (Å²) in [5.74, 6) is 1.31. The number of aromatic nitrogens is 3. The molecular weight excluding hydrogens is 176 g/mol. The fourth-order valence-corrected chi connectivity index (χ4v) is 1.56. The van der Waals surface area contributed by atoms with Crippen molar-refractivity contribution in [1.29, 1.82) is 0 Å². The summed E-state index contributed by atoms with van der Waals surface area (Å²) >= 11 is 0. The highest BCUT2D eigenvalue weighted by molar-refractivity contribution is 4.94. The molecule has 1 rings (SSSR count). The predicted octanol–water partition coefficient (Wildman–Crippen LogP) is 0.849. The molecule has 0 fully saturated rings. The second-order valence-corrected chi connectivity index (χ2v) is 4.15. The topological polar surface area (TPSA) is 42.7 Å². The normalized spacial score (nSPS) is 13.5. The van der Waals surface area contributed by atoms with Crippen LogP contribution in [0.5, 0.6) is 0 Å². The Morgan fingerprint density at radius 3 is 2.64 bits per heavy atom. The van der Waals surface area contributed by atoms with Gasteiger partial charge in [-0.05, 0) is 31.8 Å². The van der Waals surface area contributed by atoms with Crippen molar-refractivity contribution in [3.05, 3.63) is 11.9 Å². The van der Waals surface area contributed by atoms with Crippen LogP contribution in [0.4, 0.5) is 0 Å². The zero-order chi connectivity index (χ0) is 10.6. The fourth-order valence-electron chi connectivity index (χ4n) is 1.56. The molecule has 0 saturated carbocycles. The molecule has 1 unspecified atom stereocenters. The lowest BCUT2D eigenvalue weighted by molar-refractivity contribution is 0.367. The summed E-state index contributed by atoms with van der Waals surface area (Å²) in [4.78, 5) is 0. The molecule has 0 radical (unpaired) electrons. The monoisotopic (exact) mass is 196 g/mol. The average molecular weight is 196 g/mol. The van der Waals surface area contributed by atoms with E-state index in [1.807, 2.05) is 20.3 Å². The molecular formula is C10H20N4. The van der Waals surface area contributed by atoms with Crippen LogP contribution >= 0.6 is 0 Å². The summed E-state index contributed by atoms with van der Waals surface area (Å²) in [6, 6.07) is 0. The summed E-state index contributed by atoms with van der Waals surface area (Å²) in [5, 5.41) is 11.3. The first kappa shape index (κ1) is 11.2. The molecule has 1 atom stereocenters. The highest BCUT2D eigenvalue weighted by atomic mass is 15.4. The zero-order valence-electron chi connectivity index (χ0n) is 9.49. The lowest BCUT2D eigenvalue weighted by Gasteiger charge is -2.18. The van der Waals surface area contributed by atoms with E-state index < -0.39 is 0 Å².